The van der Waals surface area contributed by atoms with Gasteiger partial charge in [-0.3, -0.25) is 9.59 Å². The molecule has 2 saturated heterocycles. The fraction of sp³-hybridized carbons (Fsp3) is 0.400. The number of methoxy groups -OCH3 is 2. The molecule has 0 saturated carbocycles. The monoisotopic (exact) mass is 895 g/mol. The highest BCUT2D eigenvalue weighted by Crippen LogP contribution is 2.48. The number of carbonyl (C=O) groups is 4. The van der Waals surface area contributed by atoms with Gasteiger partial charge in [0.1, 0.15) is 35.6 Å². The van der Waals surface area contributed by atoms with Crippen LogP contribution in [0.1, 0.15) is 94.3 Å². The molecule has 6 heterocycles. The number of nitrogens with one attached hydrogen (secondary N) is 5. The van der Waals surface area contributed by atoms with Crippen molar-refractivity contribution in [3.05, 3.63) is 102 Å². The number of aromatic amines is 3. The SMILES string of the molecule is COC(=O)N[C@H](C(=O)N1CCC[C@H]1c1ncc(-c2ccc3c(c2)OC(Cc2ccccc2)c2c-3[nH]c3ccc(-c4cnc([C@@H]5CCCN5C(=O)[C@@H](NC(=O)OC)C(C)C)[nH]4)cc23)[nH]1)C(C)C. The zero-order valence-corrected chi connectivity index (χ0v) is 38.1. The highest BCUT2D eigenvalue weighted by atomic mass is 16.5. The molecule has 3 aliphatic rings. The third kappa shape index (κ3) is 8.47. The zero-order valence-electron chi connectivity index (χ0n) is 38.1. The number of fused-ring (bicyclic) bond motifs is 5. The van der Waals surface area contributed by atoms with E-state index in [0.717, 1.165) is 87.2 Å². The van der Waals surface area contributed by atoms with Crippen LogP contribution in [0.5, 0.6) is 5.75 Å². The molecule has 0 aliphatic carbocycles. The van der Waals surface area contributed by atoms with Crippen molar-refractivity contribution < 1.29 is 33.4 Å². The average Bonchev–Trinajstić information content (AvgIpc) is 4.18. The first kappa shape index (κ1) is 44.1. The molecule has 16 nitrogen and oxygen atoms in total. The van der Waals surface area contributed by atoms with E-state index in [1.165, 1.54) is 14.2 Å². The fourth-order valence-electron chi connectivity index (χ4n) is 9.80. The van der Waals surface area contributed by atoms with Crippen LogP contribution in [0, 0.1) is 11.8 Å². The van der Waals surface area contributed by atoms with Crippen molar-refractivity contribution >= 4 is 34.9 Å². The lowest BCUT2D eigenvalue weighted by molar-refractivity contribution is -0.136. The van der Waals surface area contributed by atoms with Crippen LogP contribution in [-0.2, 0) is 25.5 Å². The van der Waals surface area contributed by atoms with E-state index in [9.17, 15) is 19.2 Å². The molecule has 5 N–H and O–H groups in total. The van der Waals surface area contributed by atoms with E-state index in [2.05, 4.69) is 74.1 Å². The van der Waals surface area contributed by atoms with Crippen LogP contribution in [0.4, 0.5) is 9.59 Å². The van der Waals surface area contributed by atoms with Gasteiger partial charge < -0.3 is 49.6 Å². The van der Waals surface area contributed by atoms with Crippen LogP contribution in [0.25, 0.3) is 44.7 Å². The third-order valence-corrected chi connectivity index (χ3v) is 13.2. The van der Waals surface area contributed by atoms with E-state index in [-0.39, 0.29) is 41.8 Å². The molecule has 2 fully saturated rings. The summed E-state index contributed by atoms with van der Waals surface area (Å²) in [4.78, 5) is 75.8. The Labute approximate surface area is 383 Å². The summed E-state index contributed by atoms with van der Waals surface area (Å²) in [6.45, 7) is 8.75. The molecular weight excluding hydrogens is 839 g/mol. The highest BCUT2D eigenvalue weighted by Gasteiger charge is 2.39. The molecule has 344 valence electrons. The van der Waals surface area contributed by atoms with E-state index in [1.54, 1.807) is 6.20 Å². The van der Waals surface area contributed by atoms with Gasteiger partial charge in [-0.1, -0.05) is 70.2 Å². The molecule has 1 unspecified atom stereocenters. The molecule has 6 aromatic rings. The maximum Gasteiger partial charge on any atom is 0.407 e. The van der Waals surface area contributed by atoms with E-state index in [1.807, 2.05) is 61.9 Å². The quantitative estimate of drug-likeness (QED) is 0.0801. The molecule has 0 radical (unpaired) electrons. The third-order valence-electron chi connectivity index (χ3n) is 13.2. The number of ether oxygens (including phenoxy) is 3. The van der Waals surface area contributed by atoms with E-state index in [4.69, 9.17) is 24.2 Å². The Kier molecular flexibility index (Phi) is 12.3. The molecular formula is C50H57N9O7. The minimum atomic E-state index is -0.719. The van der Waals surface area contributed by atoms with Crippen molar-refractivity contribution in [3.63, 3.8) is 0 Å². The maximum atomic E-state index is 13.8. The Bertz CT molecular complexity index is 2760. The maximum absolute atomic E-state index is 13.8. The number of H-pyrrole nitrogens is 3. The van der Waals surface area contributed by atoms with Gasteiger partial charge in [0.05, 0.1) is 55.8 Å². The summed E-state index contributed by atoms with van der Waals surface area (Å²) < 4.78 is 16.6. The molecule has 16 heteroatoms. The molecule has 66 heavy (non-hydrogen) atoms. The number of hydrogen-bond donors (Lipinski definition) is 5. The topological polar surface area (TPSA) is 200 Å². The van der Waals surface area contributed by atoms with Crippen molar-refractivity contribution in [3.8, 4) is 39.5 Å². The number of rotatable bonds is 12. The van der Waals surface area contributed by atoms with E-state index in [0.29, 0.717) is 31.2 Å². The standard InChI is InChI=1S/C50H57N9O7/c1-27(2)42(56-49(62)64-5)47(60)58-20-10-14-37(58)45-51-25-35(54-45)30-17-19-34-33(23-30)41-40(22-29-12-8-7-9-13-29)66-39-24-31(16-18-32(39)44(41)53-34)36-26-52-46(55-36)38-15-11-21-59(38)48(61)43(28(3)4)57-50(63)65-6/h7-9,12-13,16-19,23-28,37-38,40,42-43,53H,10-11,14-15,20-22H2,1-6H3,(H,51,54)(H,52,55)(H,56,62)(H,57,63)/t37-,38-,40?,42-,43-/m0/s1. The lowest BCUT2D eigenvalue weighted by Gasteiger charge is -2.30. The minimum absolute atomic E-state index is 0.131. The van der Waals surface area contributed by atoms with Gasteiger partial charge in [-0.2, -0.15) is 0 Å². The van der Waals surface area contributed by atoms with Gasteiger partial charge in [0.25, 0.3) is 0 Å². The van der Waals surface area contributed by atoms with Gasteiger partial charge >= 0.3 is 12.2 Å². The summed E-state index contributed by atoms with van der Waals surface area (Å²) >= 11 is 0. The van der Waals surface area contributed by atoms with Crippen LogP contribution in [-0.4, -0.2) is 98.1 Å². The van der Waals surface area contributed by atoms with Gasteiger partial charge in [-0.25, -0.2) is 19.6 Å². The fourth-order valence-corrected chi connectivity index (χ4v) is 9.80. The predicted molar refractivity (Wildman–Crippen MR) is 248 cm³/mol. The van der Waals surface area contributed by atoms with Crippen molar-refractivity contribution in [1.29, 1.82) is 0 Å². The Balaban J connectivity index is 1.01. The highest BCUT2D eigenvalue weighted by molar-refractivity contribution is 5.96. The summed E-state index contributed by atoms with van der Waals surface area (Å²) in [5.41, 5.74) is 8.60. The van der Waals surface area contributed by atoms with E-state index >= 15 is 0 Å². The number of carbonyl (C=O) groups excluding carboxylic acids is 4. The summed E-state index contributed by atoms with van der Waals surface area (Å²) in [7, 11) is 2.58. The van der Waals surface area contributed by atoms with Crippen molar-refractivity contribution in [2.75, 3.05) is 27.3 Å². The van der Waals surface area contributed by atoms with Gasteiger partial charge in [0.2, 0.25) is 11.8 Å². The van der Waals surface area contributed by atoms with Crippen molar-refractivity contribution in [2.24, 2.45) is 11.8 Å². The van der Waals surface area contributed by atoms with Gasteiger partial charge in [0, 0.05) is 52.7 Å². The molecule has 3 aliphatic heterocycles. The zero-order chi connectivity index (χ0) is 46.2. The number of imidazole rings is 2. The molecule has 9 rings (SSSR count). The molecule has 5 atom stereocenters. The second-order valence-electron chi connectivity index (χ2n) is 18.1. The average molecular weight is 896 g/mol. The van der Waals surface area contributed by atoms with Crippen molar-refractivity contribution in [2.45, 2.75) is 90.1 Å². The number of aromatic nitrogens is 5. The number of nitrogens with zero attached hydrogens (tertiary/aromatic N) is 4. The molecule has 3 aromatic heterocycles. The molecule has 0 bridgehead atoms. The van der Waals surface area contributed by atoms with Crippen LogP contribution >= 0.6 is 0 Å². The summed E-state index contributed by atoms with van der Waals surface area (Å²) in [5, 5.41) is 6.48. The van der Waals surface area contributed by atoms with Crippen LogP contribution in [0.2, 0.25) is 0 Å². The van der Waals surface area contributed by atoms with Crippen LogP contribution < -0.4 is 15.4 Å². The Morgan fingerprint density at radius 3 is 1.82 bits per heavy atom. The van der Waals surface area contributed by atoms with Gasteiger partial charge in [0.15, 0.2) is 0 Å². The normalized spacial score (nSPS) is 18.8. The number of alkyl carbamates (subject to hydrolysis) is 2. The number of hydrogen-bond acceptors (Lipinski definition) is 9. The Morgan fingerprint density at radius 2 is 1.27 bits per heavy atom. The molecule has 3 aromatic carbocycles. The Hall–Kier alpha value is -7.10. The smallest absolute Gasteiger partial charge is 0.407 e. The number of amides is 4. The van der Waals surface area contributed by atoms with Gasteiger partial charge in [-0.15, -0.1) is 0 Å². The number of likely N-dealkylation sites (tertiary alicyclic amines) is 2. The van der Waals surface area contributed by atoms with Crippen LogP contribution in [0.3, 0.4) is 0 Å². The first-order valence-electron chi connectivity index (χ1n) is 22.8. The minimum Gasteiger partial charge on any atom is -0.485 e. The largest absolute Gasteiger partial charge is 0.485 e. The van der Waals surface area contributed by atoms with Gasteiger partial charge in [-0.05, 0) is 67.3 Å². The summed E-state index contributed by atoms with van der Waals surface area (Å²) in [6.07, 6.45) is 5.83. The predicted octanol–water partition coefficient (Wildman–Crippen LogP) is 8.38. The summed E-state index contributed by atoms with van der Waals surface area (Å²) in [5.74, 6) is 1.56. The molecule has 4 amide bonds. The Morgan fingerprint density at radius 1 is 0.727 bits per heavy atom. The first-order valence-corrected chi connectivity index (χ1v) is 22.8. The lowest BCUT2D eigenvalue weighted by Crippen LogP contribution is -2.51. The van der Waals surface area contributed by atoms with E-state index < -0.39 is 24.3 Å². The first-order chi connectivity index (χ1) is 31.9. The lowest BCUT2D eigenvalue weighted by atomic mass is 9.92. The second kappa shape index (κ2) is 18.4. The second-order valence-corrected chi connectivity index (χ2v) is 18.1. The summed E-state index contributed by atoms with van der Waals surface area (Å²) in [6, 6.07) is 20.9. The molecule has 0 spiro atoms. The number of benzene rings is 3. The van der Waals surface area contributed by atoms with Crippen molar-refractivity contribution in [1.82, 2.24) is 45.4 Å². The van der Waals surface area contributed by atoms with Crippen LogP contribution in [0.15, 0.2) is 79.1 Å².